The molecule has 0 radical (unpaired) electrons. The Hall–Kier alpha value is -2.57. The Bertz CT molecular complexity index is 718. The number of allylic oxidation sites excluding steroid dienone is 2. The average molecular weight is 343 g/mol. The van der Waals surface area contributed by atoms with Crippen LogP contribution in [0.5, 0.6) is 0 Å². The highest BCUT2D eigenvalue weighted by atomic mass is 16.4. The van der Waals surface area contributed by atoms with Gasteiger partial charge in [-0.3, -0.25) is 9.59 Å². The minimum absolute atomic E-state index is 0.0109. The van der Waals surface area contributed by atoms with Crippen molar-refractivity contribution < 1.29 is 23.9 Å². The summed E-state index contributed by atoms with van der Waals surface area (Å²) < 4.78 is 5.13. The van der Waals surface area contributed by atoms with Crippen LogP contribution in [-0.2, 0) is 9.59 Å². The van der Waals surface area contributed by atoms with Crippen LogP contribution in [0.1, 0.15) is 17.0 Å². The van der Waals surface area contributed by atoms with E-state index in [1.807, 2.05) is 12.2 Å². The molecule has 0 spiro atoms. The molecular formula is C18H19N2O5-. The standard InChI is InChI=1S/C18H20N2O5/c21-16(13-2-1-9-25-13)19-5-7-20(8-6-19)17(22)14-11-3-4-12(10-11)15(14)18(23)24/h1-4,9,11-12,14-15H,5-8,10H2,(H,23,24)/p-1/t11-,12+,14+,15+/m1/s1. The number of nitrogens with zero attached hydrogens (tertiary/aromatic N) is 2. The molecule has 1 aromatic heterocycles. The van der Waals surface area contributed by atoms with Crippen LogP contribution < -0.4 is 5.11 Å². The predicted octanol–water partition coefficient (Wildman–Crippen LogP) is -0.248. The van der Waals surface area contributed by atoms with Crippen LogP contribution in [0.25, 0.3) is 0 Å². The van der Waals surface area contributed by atoms with E-state index in [1.54, 1.807) is 21.9 Å². The zero-order chi connectivity index (χ0) is 17.6. The summed E-state index contributed by atoms with van der Waals surface area (Å²) in [5.41, 5.74) is 0. The van der Waals surface area contributed by atoms with Crippen LogP contribution in [0.15, 0.2) is 35.0 Å². The first-order chi connectivity index (χ1) is 12.1. The molecule has 1 saturated carbocycles. The molecule has 132 valence electrons. The topological polar surface area (TPSA) is 93.9 Å². The molecule has 0 unspecified atom stereocenters. The Kier molecular flexibility index (Phi) is 3.86. The predicted molar refractivity (Wildman–Crippen MR) is 83.9 cm³/mol. The highest BCUT2D eigenvalue weighted by Crippen LogP contribution is 2.48. The quantitative estimate of drug-likeness (QED) is 0.706. The van der Waals surface area contributed by atoms with Crippen LogP contribution in [0.2, 0.25) is 0 Å². The van der Waals surface area contributed by atoms with Gasteiger partial charge in [-0.1, -0.05) is 12.2 Å². The molecule has 1 aliphatic heterocycles. The van der Waals surface area contributed by atoms with Gasteiger partial charge in [-0.05, 0) is 30.4 Å². The van der Waals surface area contributed by atoms with Gasteiger partial charge in [0.2, 0.25) is 5.91 Å². The van der Waals surface area contributed by atoms with Gasteiger partial charge in [0.1, 0.15) is 0 Å². The number of carboxylic acid groups (broad SMARTS) is 1. The molecule has 0 aromatic carbocycles. The van der Waals surface area contributed by atoms with Crippen LogP contribution in [0.3, 0.4) is 0 Å². The minimum atomic E-state index is -1.14. The molecule has 7 nitrogen and oxygen atoms in total. The normalized spacial score (nSPS) is 30.7. The second-order valence-electron chi connectivity index (χ2n) is 6.91. The molecule has 0 N–H and O–H groups in total. The second kappa shape index (κ2) is 6.06. The highest BCUT2D eigenvalue weighted by Gasteiger charge is 2.50. The third-order valence-corrected chi connectivity index (χ3v) is 5.63. The van der Waals surface area contributed by atoms with Crippen LogP contribution >= 0.6 is 0 Å². The van der Waals surface area contributed by atoms with E-state index in [1.165, 1.54) is 6.26 Å². The number of aliphatic carboxylic acids is 1. The molecule has 1 saturated heterocycles. The van der Waals surface area contributed by atoms with Crippen molar-refractivity contribution >= 4 is 17.8 Å². The summed E-state index contributed by atoms with van der Waals surface area (Å²) in [4.78, 5) is 40.0. The van der Waals surface area contributed by atoms with Crippen molar-refractivity contribution in [2.75, 3.05) is 26.2 Å². The highest BCUT2D eigenvalue weighted by molar-refractivity contribution is 5.92. The first kappa shape index (κ1) is 15.9. The van der Waals surface area contributed by atoms with Crippen molar-refractivity contribution in [3.05, 3.63) is 36.3 Å². The Balaban J connectivity index is 1.41. The first-order valence-corrected chi connectivity index (χ1v) is 8.57. The van der Waals surface area contributed by atoms with Gasteiger partial charge in [-0.25, -0.2) is 0 Å². The maximum atomic E-state index is 12.9. The molecule has 2 fully saturated rings. The number of fused-ring (bicyclic) bond motifs is 2. The van der Waals surface area contributed by atoms with Gasteiger partial charge in [-0.2, -0.15) is 0 Å². The molecule has 25 heavy (non-hydrogen) atoms. The number of amides is 2. The van der Waals surface area contributed by atoms with Crippen molar-refractivity contribution in [1.82, 2.24) is 9.80 Å². The van der Waals surface area contributed by atoms with Crippen molar-refractivity contribution in [3.8, 4) is 0 Å². The summed E-state index contributed by atoms with van der Waals surface area (Å²) in [5.74, 6) is -2.54. The van der Waals surface area contributed by atoms with Gasteiger partial charge in [0.25, 0.3) is 5.91 Å². The van der Waals surface area contributed by atoms with E-state index in [-0.39, 0.29) is 29.4 Å². The van der Waals surface area contributed by atoms with Gasteiger partial charge in [0.15, 0.2) is 5.76 Å². The Morgan fingerprint density at radius 1 is 1.00 bits per heavy atom. The Morgan fingerprint density at radius 2 is 1.64 bits per heavy atom. The number of piperazine rings is 1. The Morgan fingerprint density at radius 3 is 2.24 bits per heavy atom. The minimum Gasteiger partial charge on any atom is -0.550 e. The number of carboxylic acids is 1. The van der Waals surface area contributed by atoms with E-state index in [2.05, 4.69) is 0 Å². The fraction of sp³-hybridized carbons (Fsp3) is 0.500. The van der Waals surface area contributed by atoms with Crippen LogP contribution in [0, 0.1) is 23.7 Å². The summed E-state index contributed by atoms with van der Waals surface area (Å²) in [6.45, 7) is 1.64. The fourth-order valence-electron chi connectivity index (χ4n) is 4.38. The van der Waals surface area contributed by atoms with Crippen molar-refractivity contribution in [2.24, 2.45) is 23.7 Å². The van der Waals surface area contributed by atoms with E-state index in [9.17, 15) is 19.5 Å². The van der Waals surface area contributed by atoms with E-state index in [0.29, 0.717) is 32.6 Å². The lowest BCUT2D eigenvalue weighted by Crippen LogP contribution is -2.54. The Labute approximate surface area is 144 Å². The van der Waals surface area contributed by atoms with Crippen molar-refractivity contribution in [1.29, 1.82) is 0 Å². The monoisotopic (exact) mass is 343 g/mol. The summed E-state index contributed by atoms with van der Waals surface area (Å²) in [6.07, 6.45) is 6.03. The molecule has 2 amide bonds. The van der Waals surface area contributed by atoms with E-state index in [0.717, 1.165) is 0 Å². The SMILES string of the molecule is O=C([O-])[C@@H]1[C@@H](C(=O)N2CCN(C(=O)c3ccco3)CC2)[C@@H]2C=C[C@H]1C2. The first-order valence-electron chi connectivity index (χ1n) is 8.57. The molecule has 3 aliphatic rings. The second-order valence-corrected chi connectivity index (χ2v) is 6.91. The number of rotatable bonds is 3. The van der Waals surface area contributed by atoms with Gasteiger partial charge in [0, 0.05) is 38.1 Å². The maximum Gasteiger partial charge on any atom is 0.289 e. The number of furan rings is 1. The lowest BCUT2D eigenvalue weighted by atomic mass is 9.82. The summed E-state index contributed by atoms with van der Waals surface area (Å²) in [7, 11) is 0. The summed E-state index contributed by atoms with van der Waals surface area (Å²) >= 11 is 0. The third-order valence-electron chi connectivity index (χ3n) is 5.63. The van der Waals surface area contributed by atoms with Crippen molar-refractivity contribution in [2.45, 2.75) is 6.42 Å². The summed E-state index contributed by atoms with van der Waals surface area (Å²) in [6, 6.07) is 3.28. The number of carbonyl (C=O) groups is 3. The summed E-state index contributed by atoms with van der Waals surface area (Å²) in [5, 5.41) is 11.5. The average Bonchev–Trinajstić information content (AvgIpc) is 3.36. The maximum absolute atomic E-state index is 12.9. The zero-order valence-electron chi connectivity index (χ0n) is 13.7. The molecule has 2 aliphatic carbocycles. The van der Waals surface area contributed by atoms with E-state index in [4.69, 9.17) is 4.42 Å². The molecule has 2 bridgehead atoms. The molecule has 1 aromatic rings. The molecule has 7 heteroatoms. The zero-order valence-corrected chi connectivity index (χ0v) is 13.7. The van der Waals surface area contributed by atoms with Gasteiger partial charge >= 0.3 is 0 Å². The van der Waals surface area contributed by atoms with Crippen LogP contribution in [-0.4, -0.2) is 53.8 Å². The fourth-order valence-corrected chi connectivity index (χ4v) is 4.38. The number of hydrogen-bond donors (Lipinski definition) is 0. The lowest BCUT2D eigenvalue weighted by Gasteiger charge is -2.38. The number of hydrogen-bond acceptors (Lipinski definition) is 5. The molecular weight excluding hydrogens is 324 g/mol. The van der Waals surface area contributed by atoms with E-state index < -0.39 is 17.8 Å². The largest absolute Gasteiger partial charge is 0.550 e. The van der Waals surface area contributed by atoms with Gasteiger partial charge in [-0.15, -0.1) is 0 Å². The smallest absolute Gasteiger partial charge is 0.289 e. The third kappa shape index (κ3) is 2.63. The van der Waals surface area contributed by atoms with Gasteiger partial charge in [0.05, 0.1) is 12.2 Å². The van der Waals surface area contributed by atoms with Crippen molar-refractivity contribution in [3.63, 3.8) is 0 Å². The van der Waals surface area contributed by atoms with Crippen LogP contribution in [0.4, 0.5) is 0 Å². The lowest BCUT2D eigenvalue weighted by molar-refractivity contribution is -0.313. The van der Waals surface area contributed by atoms with E-state index >= 15 is 0 Å². The van der Waals surface area contributed by atoms with Gasteiger partial charge < -0.3 is 24.1 Å². The number of carbonyl (C=O) groups excluding carboxylic acids is 3. The molecule has 4 rings (SSSR count). The molecule has 4 atom stereocenters. The molecule has 2 heterocycles.